The summed E-state index contributed by atoms with van der Waals surface area (Å²) in [5, 5.41) is 0. The quantitative estimate of drug-likeness (QED) is 0.472. The zero-order valence-corrected chi connectivity index (χ0v) is 7.58. The zero-order valence-electron chi connectivity index (χ0n) is 7.58. The second-order valence-electron chi connectivity index (χ2n) is 3.63. The Bertz CT molecular complexity index is 379. The Balaban J connectivity index is 2.54. The SMILES string of the molecule is CC1(N=C=O)CCc2ccccc21. The van der Waals surface area contributed by atoms with Crippen LogP contribution in [0.1, 0.15) is 24.5 Å². The number of aryl methyl sites for hydroxylation is 1. The molecule has 1 atom stereocenters. The van der Waals surface area contributed by atoms with Crippen LogP contribution in [0.25, 0.3) is 0 Å². The first-order chi connectivity index (χ1) is 6.26. The molecule has 66 valence electrons. The van der Waals surface area contributed by atoms with E-state index >= 15 is 0 Å². The highest BCUT2D eigenvalue weighted by Crippen LogP contribution is 2.39. The van der Waals surface area contributed by atoms with Gasteiger partial charge in [0.15, 0.2) is 0 Å². The molecule has 0 saturated carbocycles. The smallest absolute Gasteiger partial charge is 0.211 e. The molecule has 0 N–H and O–H groups in total. The summed E-state index contributed by atoms with van der Waals surface area (Å²) in [5.41, 5.74) is 2.17. The Labute approximate surface area is 77.3 Å². The molecule has 13 heavy (non-hydrogen) atoms. The van der Waals surface area contributed by atoms with Gasteiger partial charge in [-0.3, -0.25) is 0 Å². The highest BCUT2D eigenvalue weighted by Gasteiger charge is 2.33. The summed E-state index contributed by atoms with van der Waals surface area (Å²) in [6.45, 7) is 1.99. The number of carbonyl (C=O) groups excluding carboxylic acids is 1. The third-order valence-electron chi connectivity index (χ3n) is 2.77. The molecule has 0 radical (unpaired) electrons. The van der Waals surface area contributed by atoms with Crippen molar-refractivity contribution in [3.8, 4) is 0 Å². The molecule has 1 aliphatic carbocycles. The van der Waals surface area contributed by atoms with E-state index in [9.17, 15) is 4.79 Å². The highest BCUT2D eigenvalue weighted by atomic mass is 16.1. The number of rotatable bonds is 1. The third kappa shape index (κ3) is 1.20. The van der Waals surface area contributed by atoms with Crippen LogP contribution < -0.4 is 0 Å². The summed E-state index contributed by atoms with van der Waals surface area (Å²) in [6.07, 6.45) is 3.60. The summed E-state index contributed by atoms with van der Waals surface area (Å²) in [5.74, 6) is 0. The molecule has 0 aliphatic heterocycles. The second-order valence-corrected chi connectivity index (χ2v) is 3.63. The molecule has 0 amide bonds. The van der Waals surface area contributed by atoms with Crippen LogP contribution in [0.5, 0.6) is 0 Å². The van der Waals surface area contributed by atoms with Crippen molar-refractivity contribution in [2.75, 3.05) is 0 Å². The van der Waals surface area contributed by atoms with Crippen molar-refractivity contribution in [2.45, 2.75) is 25.3 Å². The molecule has 1 aromatic rings. The summed E-state index contributed by atoms with van der Waals surface area (Å²) >= 11 is 0. The molecule has 1 aliphatic rings. The Morgan fingerprint density at radius 3 is 3.00 bits per heavy atom. The van der Waals surface area contributed by atoms with E-state index in [1.807, 2.05) is 25.1 Å². The molecule has 2 nitrogen and oxygen atoms in total. The van der Waals surface area contributed by atoms with Gasteiger partial charge in [0.05, 0.1) is 5.54 Å². The molecule has 0 spiro atoms. The van der Waals surface area contributed by atoms with Crippen molar-refractivity contribution in [3.05, 3.63) is 35.4 Å². The zero-order chi connectivity index (χ0) is 9.31. The first-order valence-electron chi connectivity index (χ1n) is 4.44. The summed E-state index contributed by atoms with van der Waals surface area (Å²) in [4.78, 5) is 14.2. The van der Waals surface area contributed by atoms with E-state index in [0.717, 1.165) is 12.8 Å². The highest BCUT2D eigenvalue weighted by molar-refractivity contribution is 5.43. The van der Waals surface area contributed by atoms with Crippen LogP contribution >= 0.6 is 0 Å². The second kappa shape index (κ2) is 2.82. The van der Waals surface area contributed by atoms with Crippen molar-refractivity contribution in [3.63, 3.8) is 0 Å². The topological polar surface area (TPSA) is 29.4 Å². The van der Waals surface area contributed by atoms with E-state index in [-0.39, 0.29) is 5.54 Å². The van der Waals surface area contributed by atoms with Gasteiger partial charge in [0.25, 0.3) is 0 Å². The van der Waals surface area contributed by atoms with Crippen LogP contribution in [0, 0.1) is 0 Å². The molecule has 0 saturated heterocycles. The molecule has 2 rings (SSSR count). The maximum atomic E-state index is 10.3. The van der Waals surface area contributed by atoms with Crippen LogP contribution in [0.2, 0.25) is 0 Å². The molecule has 1 aromatic carbocycles. The van der Waals surface area contributed by atoms with E-state index < -0.39 is 0 Å². The van der Waals surface area contributed by atoms with Gasteiger partial charge < -0.3 is 0 Å². The van der Waals surface area contributed by atoms with Crippen molar-refractivity contribution in [1.29, 1.82) is 0 Å². The van der Waals surface area contributed by atoms with Gasteiger partial charge in [0.2, 0.25) is 6.08 Å². The fraction of sp³-hybridized carbons (Fsp3) is 0.364. The lowest BCUT2D eigenvalue weighted by atomic mass is 9.95. The molecule has 0 bridgehead atoms. The summed E-state index contributed by atoms with van der Waals surface area (Å²) in [7, 11) is 0. The first kappa shape index (κ1) is 8.21. The Kier molecular flexibility index (Phi) is 1.78. The average Bonchev–Trinajstić information content (AvgIpc) is 2.46. The van der Waals surface area contributed by atoms with Crippen molar-refractivity contribution in [1.82, 2.24) is 0 Å². The minimum Gasteiger partial charge on any atom is -0.211 e. The minimum atomic E-state index is -0.321. The third-order valence-corrected chi connectivity index (χ3v) is 2.77. The summed E-state index contributed by atoms with van der Waals surface area (Å²) in [6, 6.07) is 8.15. The number of isocyanates is 1. The van der Waals surface area contributed by atoms with E-state index in [1.165, 1.54) is 11.1 Å². The van der Waals surface area contributed by atoms with Gasteiger partial charge in [0.1, 0.15) is 0 Å². The number of aliphatic imine (C=N–C) groups is 1. The Hall–Kier alpha value is -1.40. The van der Waals surface area contributed by atoms with Crippen molar-refractivity contribution in [2.24, 2.45) is 4.99 Å². The molecular formula is C11H11NO. The standard InChI is InChI=1S/C11H11NO/c1-11(12-8-13)7-6-9-4-2-3-5-10(9)11/h2-5H,6-7H2,1H3. The van der Waals surface area contributed by atoms with E-state index in [0.29, 0.717) is 0 Å². The van der Waals surface area contributed by atoms with Crippen LogP contribution in [0.3, 0.4) is 0 Å². The number of hydrogen-bond donors (Lipinski definition) is 0. The Morgan fingerprint density at radius 1 is 1.46 bits per heavy atom. The van der Waals surface area contributed by atoms with Crippen LogP contribution in [-0.4, -0.2) is 6.08 Å². The van der Waals surface area contributed by atoms with Crippen molar-refractivity contribution >= 4 is 6.08 Å². The largest absolute Gasteiger partial charge is 0.235 e. The van der Waals surface area contributed by atoms with E-state index in [4.69, 9.17) is 0 Å². The number of nitrogens with zero attached hydrogens (tertiary/aromatic N) is 1. The predicted molar refractivity (Wildman–Crippen MR) is 50.2 cm³/mol. The Morgan fingerprint density at radius 2 is 2.23 bits per heavy atom. The lowest BCUT2D eigenvalue weighted by molar-refractivity contribution is 0.482. The van der Waals surface area contributed by atoms with Gasteiger partial charge in [-0.15, -0.1) is 0 Å². The average molecular weight is 173 g/mol. The van der Waals surface area contributed by atoms with E-state index in [1.54, 1.807) is 6.08 Å². The minimum absolute atomic E-state index is 0.321. The first-order valence-corrected chi connectivity index (χ1v) is 4.44. The van der Waals surface area contributed by atoms with Gasteiger partial charge in [-0.25, -0.2) is 4.79 Å². The monoisotopic (exact) mass is 173 g/mol. The molecular weight excluding hydrogens is 162 g/mol. The van der Waals surface area contributed by atoms with Crippen LogP contribution in [-0.2, 0) is 16.8 Å². The predicted octanol–water partition coefficient (Wildman–Crippen LogP) is 2.18. The van der Waals surface area contributed by atoms with Gasteiger partial charge >= 0.3 is 0 Å². The number of fused-ring (bicyclic) bond motifs is 1. The molecule has 2 heteroatoms. The molecule has 0 fully saturated rings. The van der Waals surface area contributed by atoms with Crippen LogP contribution in [0.4, 0.5) is 0 Å². The van der Waals surface area contributed by atoms with Gasteiger partial charge in [0, 0.05) is 0 Å². The normalized spacial score (nSPS) is 25.0. The lowest BCUT2D eigenvalue weighted by Gasteiger charge is -2.17. The number of hydrogen-bond acceptors (Lipinski definition) is 2. The van der Waals surface area contributed by atoms with E-state index in [2.05, 4.69) is 11.1 Å². The lowest BCUT2D eigenvalue weighted by Crippen LogP contribution is -2.13. The molecule has 0 aromatic heterocycles. The fourth-order valence-electron chi connectivity index (χ4n) is 1.99. The van der Waals surface area contributed by atoms with Crippen LogP contribution in [0.15, 0.2) is 29.3 Å². The van der Waals surface area contributed by atoms with Gasteiger partial charge in [-0.2, -0.15) is 4.99 Å². The summed E-state index contributed by atoms with van der Waals surface area (Å²) < 4.78 is 0. The molecule has 0 heterocycles. The van der Waals surface area contributed by atoms with Gasteiger partial charge in [-0.05, 0) is 30.9 Å². The molecule has 1 unspecified atom stereocenters. The maximum Gasteiger partial charge on any atom is 0.235 e. The number of benzene rings is 1. The van der Waals surface area contributed by atoms with Gasteiger partial charge in [-0.1, -0.05) is 24.3 Å². The van der Waals surface area contributed by atoms with Crippen molar-refractivity contribution < 1.29 is 4.79 Å². The fourth-order valence-corrected chi connectivity index (χ4v) is 1.99. The maximum absolute atomic E-state index is 10.3.